The lowest BCUT2D eigenvalue weighted by molar-refractivity contribution is -0.670. The van der Waals surface area contributed by atoms with E-state index in [4.69, 9.17) is 0 Å². The van der Waals surface area contributed by atoms with Crippen molar-refractivity contribution in [1.82, 2.24) is 0 Å². The number of rotatable bonds is 1. The molecule has 6 heteroatoms. The molecule has 0 spiro atoms. The maximum absolute atomic E-state index is 10.8. The summed E-state index contributed by atoms with van der Waals surface area (Å²) in [6, 6.07) is 5.05. The molecule has 0 saturated carbocycles. The Morgan fingerprint density at radius 3 is 2.62 bits per heavy atom. The average Bonchev–Trinajstić information content (AvgIpc) is 2.17. The minimum Gasteiger partial charge on any atom is -1.00 e. The Morgan fingerprint density at radius 1 is 1.31 bits per heavy atom. The number of hydrogen-bond donors (Lipinski definition) is 0. The van der Waals surface area contributed by atoms with E-state index in [2.05, 4.69) is 15.9 Å². The van der Waals surface area contributed by atoms with E-state index < -0.39 is 0 Å². The van der Waals surface area contributed by atoms with Crippen molar-refractivity contribution in [3.63, 3.8) is 0 Å². The van der Waals surface area contributed by atoms with E-state index in [-0.39, 0.29) is 34.6 Å². The molecule has 0 fully saturated rings. The molecule has 2 aromatic rings. The summed E-state index contributed by atoms with van der Waals surface area (Å²) in [5, 5.41) is 12.3. The smallest absolute Gasteiger partial charge is 0.283 e. The molecular formula is C10H8BrIN2O2. The van der Waals surface area contributed by atoms with Gasteiger partial charge in [-0.2, -0.15) is 0 Å². The van der Waals surface area contributed by atoms with Crippen LogP contribution in [0.5, 0.6) is 0 Å². The van der Waals surface area contributed by atoms with Gasteiger partial charge in [0.1, 0.15) is 12.4 Å². The lowest BCUT2D eigenvalue weighted by atomic mass is 10.1. The number of halogens is 2. The summed E-state index contributed by atoms with van der Waals surface area (Å²) >= 11 is 3.37. The summed E-state index contributed by atoms with van der Waals surface area (Å²) in [7, 11) is 1.84. The van der Waals surface area contributed by atoms with Gasteiger partial charge in [0, 0.05) is 22.0 Å². The van der Waals surface area contributed by atoms with Crippen LogP contribution in [0.2, 0.25) is 0 Å². The number of nitro benzene ring substituents is 1. The van der Waals surface area contributed by atoms with Crippen molar-refractivity contribution in [1.29, 1.82) is 0 Å². The van der Waals surface area contributed by atoms with Crippen LogP contribution in [-0.2, 0) is 7.05 Å². The fraction of sp³-hybridized carbons (Fsp3) is 0.100. The average molecular weight is 395 g/mol. The molecule has 0 unspecified atom stereocenters. The first kappa shape index (κ1) is 13.3. The maximum atomic E-state index is 10.8. The minimum atomic E-state index is -0.366. The van der Waals surface area contributed by atoms with E-state index in [9.17, 15) is 10.1 Å². The lowest BCUT2D eigenvalue weighted by Gasteiger charge is -1.99. The van der Waals surface area contributed by atoms with Gasteiger partial charge in [0.15, 0.2) is 12.4 Å². The normalized spacial score (nSPS) is 9.88. The van der Waals surface area contributed by atoms with Crippen LogP contribution >= 0.6 is 15.9 Å². The van der Waals surface area contributed by atoms with Crippen LogP contribution in [0, 0.1) is 10.1 Å². The Balaban J connectivity index is 0.00000128. The zero-order chi connectivity index (χ0) is 11.0. The molecule has 0 N–H and O–H groups in total. The topological polar surface area (TPSA) is 47.0 Å². The maximum Gasteiger partial charge on any atom is 0.283 e. The van der Waals surface area contributed by atoms with Crippen molar-refractivity contribution in [2.24, 2.45) is 7.05 Å². The van der Waals surface area contributed by atoms with Gasteiger partial charge >= 0.3 is 0 Å². The molecule has 0 atom stereocenters. The predicted molar refractivity (Wildman–Crippen MR) is 59.5 cm³/mol. The number of nitrogens with zero attached hydrogens (tertiary/aromatic N) is 2. The van der Waals surface area contributed by atoms with Crippen LogP contribution in [0.25, 0.3) is 10.8 Å². The van der Waals surface area contributed by atoms with Crippen LogP contribution in [-0.4, -0.2) is 4.92 Å². The first-order chi connectivity index (χ1) is 7.09. The fourth-order valence-electron chi connectivity index (χ4n) is 1.50. The Kier molecular flexibility index (Phi) is 4.20. The van der Waals surface area contributed by atoms with E-state index in [0.717, 1.165) is 9.86 Å². The number of aromatic nitrogens is 1. The third-order valence-electron chi connectivity index (χ3n) is 2.22. The van der Waals surface area contributed by atoms with E-state index >= 15 is 0 Å². The van der Waals surface area contributed by atoms with Crippen LogP contribution in [0.1, 0.15) is 0 Å². The van der Waals surface area contributed by atoms with Gasteiger partial charge in [-0.1, -0.05) is 15.9 Å². The minimum absolute atomic E-state index is 0. The van der Waals surface area contributed by atoms with E-state index in [1.165, 1.54) is 6.07 Å². The highest BCUT2D eigenvalue weighted by molar-refractivity contribution is 9.10. The standard InChI is InChI=1S/C10H8BrN2O2.HI/c1-12-5-4-7-8(6-12)10(13(14)15)3-2-9(7)11;/h2-6H,1H3;1H/q+1;/p-1. The van der Waals surface area contributed by atoms with Crippen molar-refractivity contribution in [3.05, 3.63) is 45.2 Å². The molecular weight excluding hydrogens is 387 g/mol. The quantitative estimate of drug-likeness (QED) is 0.279. The first-order valence-electron chi connectivity index (χ1n) is 4.31. The van der Waals surface area contributed by atoms with Gasteiger partial charge < -0.3 is 24.0 Å². The molecule has 2 rings (SSSR count). The summed E-state index contributed by atoms with van der Waals surface area (Å²) in [5.74, 6) is 0. The number of hydrogen-bond acceptors (Lipinski definition) is 2. The zero-order valence-electron chi connectivity index (χ0n) is 8.35. The second-order valence-electron chi connectivity index (χ2n) is 3.26. The van der Waals surface area contributed by atoms with Crippen molar-refractivity contribution in [2.45, 2.75) is 0 Å². The van der Waals surface area contributed by atoms with Gasteiger partial charge in [0.05, 0.1) is 4.92 Å². The highest BCUT2D eigenvalue weighted by Gasteiger charge is 2.15. The molecule has 16 heavy (non-hydrogen) atoms. The Bertz CT molecular complexity index is 560. The summed E-state index contributed by atoms with van der Waals surface area (Å²) in [4.78, 5) is 10.5. The molecule has 4 nitrogen and oxygen atoms in total. The van der Waals surface area contributed by atoms with Gasteiger partial charge in [-0.15, -0.1) is 0 Å². The lowest BCUT2D eigenvalue weighted by Crippen LogP contribution is -3.00. The Morgan fingerprint density at radius 2 is 2.00 bits per heavy atom. The van der Waals surface area contributed by atoms with E-state index in [1.807, 2.05) is 19.3 Å². The number of pyridine rings is 1. The third kappa shape index (κ3) is 2.32. The van der Waals surface area contributed by atoms with Gasteiger partial charge in [-0.3, -0.25) is 10.1 Å². The second kappa shape index (κ2) is 5.05. The van der Waals surface area contributed by atoms with Crippen molar-refractivity contribution >= 4 is 32.4 Å². The zero-order valence-corrected chi connectivity index (χ0v) is 12.1. The largest absolute Gasteiger partial charge is 1.00 e. The summed E-state index contributed by atoms with van der Waals surface area (Å²) in [6.07, 6.45) is 3.61. The third-order valence-corrected chi connectivity index (χ3v) is 2.91. The molecule has 0 amide bonds. The first-order valence-corrected chi connectivity index (χ1v) is 5.11. The molecule has 1 aromatic heterocycles. The Hall–Kier alpha value is -0.760. The van der Waals surface area contributed by atoms with Crippen molar-refractivity contribution in [2.75, 3.05) is 0 Å². The molecule has 1 aromatic carbocycles. The summed E-state index contributed by atoms with van der Waals surface area (Å²) in [6.45, 7) is 0. The number of aryl methyl sites for hydroxylation is 1. The predicted octanol–water partition coefficient (Wildman–Crippen LogP) is -0.661. The van der Waals surface area contributed by atoms with Gasteiger partial charge in [0.25, 0.3) is 5.69 Å². The van der Waals surface area contributed by atoms with Gasteiger partial charge in [0.2, 0.25) is 0 Å². The van der Waals surface area contributed by atoms with E-state index in [0.29, 0.717) is 5.39 Å². The summed E-state index contributed by atoms with van der Waals surface area (Å²) < 4.78 is 2.66. The number of benzene rings is 1. The number of fused-ring (bicyclic) bond motifs is 1. The molecule has 0 aliphatic rings. The van der Waals surface area contributed by atoms with E-state index in [1.54, 1.807) is 16.8 Å². The number of nitro groups is 1. The molecule has 0 saturated heterocycles. The van der Waals surface area contributed by atoms with Crippen LogP contribution in [0.4, 0.5) is 5.69 Å². The molecule has 0 bridgehead atoms. The molecule has 0 aliphatic heterocycles. The van der Waals surface area contributed by atoms with Crippen LogP contribution in [0.15, 0.2) is 35.1 Å². The fourth-order valence-corrected chi connectivity index (χ4v) is 1.98. The van der Waals surface area contributed by atoms with Crippen LogP contribution in [0.3, 0.4) is 0 Å². The van der Waals surface area contributed by atoms with Crippen molar-refractivity contribution in [3.8, 4) is 0 Å². The molecule has 1 heterocycles. The highest BCUT2D eigenvalue weighted by Crippen LogP contribution is 2.29. The SMILES string of the molecule is C[n+]1ccc2c(Br)ccc([N+](=O)[O-])c2c1.[I-]. The summed E-state index contributed by atoms with van der Waals surface area (Å²) in [5.41, 5.74) is 0.129. The highest BCUT2D eigenvalue weighted by atomic mass is 127. The molecule has 0 aliphatic carbocycles. The van der Waals surface area contributed by atoms with Crippen LogP contribution < -0.4 is 28.5 Å². The second-order valence-corrected chi connectivity index (χ2v) is 4.12. The van der Waals surface area contributed by atoms with Crippen molar-refractivity contribution < 1.29 is 33.5 Å². The van der Waals surface area contributed by atoms with Gasteiger partial charge in [-0.25, -0.2) is 4.57 Å². The Labute approximate surface area is 118 Å². The van der Waals surface area contributed by atoms with Gasteiger partial charge in [-0.05, 0) is 6.07 Å². The number of non-ortho nitro benzene ring substituents is 1. The monoisotopic (exact) mass is 394 g/mol. The molecule has 84 valence electrons. The molecule has 0 radical (unpaired) electrons.